The Balaban J connectivity index is 1.84. The van der Waals surface area contributed by atoms with Crippen LogP contribution in [0.4, 0.5) is 5.69 Å². The van der Waals surface area contributed by atoms with Crippen LogP contribution in [0.2, 0.25) is 0 Å². The van der Waals surface area contributed by atoms with Crippen LogP contribution in [0.15, 0.2) is 43.1 Å². The minimum atomic E-state index is -0.244. The molecule has 2 N–H and O–H groups in total. The summed E-state index contributed by atoms with van der Waals surface area (Å²) in [6.07, 6.45) is 4.20. The molecule has 0 aliphatic carbocycles. The molecule has 25 heavy (non-hydrogen) atoms. The van der Waals surface area contributed by atoms with E-state index in [2.05, 4.69) is 22.3 Å². The van der Waals surface area contributed by atoms with Crippen LogP contribution >= 0.6 is 0 Å². The van der Waals surface area contributed by atoms with Crippen molar-refractivity contribution in [1.29, 1.82) is 0 Å². The number of amides is 2. The molecule has 0 radical (unpaired) electrons. The fourth-order valence-corrected chi connectivity index (χ4v) is 2.64. The second kappa shape index (κ2) is 8.28. The predicted molar refractivity (Wildman–Crippen MR) is 98.1 cm³/mol. The van der Waals surface area contributed by atoms with Gasteiger partial charge in [0.25, 0.3) is 0 Å². The summed E-state index contributed by atoms with van der Waals surface area (Å²) in [7, 11) is 1.87. The maximum atomic E-state index is 12.2. The van der Waals surface area contributed by atoms with Gasteiger partial charge in [-0.25, -0.2) is 0 Å². The van der Waals surface area contributed by atoms with Crippen LogP contribution in [-0.4, -0.2) is 21.6 Å². The maximum Gasteiger partial charge on any atom is 0.247 e. The molecule has 6 nitrogen and oxygen atoms in total. The van der Waals surface area contributed by atoms with Gasteiger partial charge < -0.3 is 10.6 Å². The molecule has 1 unspecified atom stereocenters. The molecule has 2 rings (SSSR count). The minimum absolute atomic E-state index is 0.000195. The molecule has 1 atom stereocenters. The zero-order valence-corrected chi connectivity index (χ0v) is 14.9. The largest absolute Gasteiger partial charge is 0.349 e. The van der Waals surface area contributed by atoms with Gasteiger partial charge in [-0.05, 0) is 44.0 Å². The molecule has 0 saturated carbocycles. The van der Waals surface area contributed by atoms with Crippen molar-refractivity contribution in [2.24, 2.45) is 7.05 Å². The smallest absolute Gasteiger partial charge is 0.247 e. The number of benzene rings is 1. The van der Waals surface area contributed by atoms with E-state index in [1.54, 1.807) is 4.68 Å². The summed E-state index contributed by atoms with van der Waals surface area (Å²) in [5, 5.41) is 9.99. The van der Waals surface area contributed by atoms with Crippen molar-refractivity contribution in [3.05, 3.63) is 59.9 Å². The first-order chi connectivity index (χ1) is 11.9. The highest BCUT2D eigenvalue weighted by molar-refractivity contribution is 5.98. The third-order valence-electron chi connectivity index (χ3n) is 3.94. The van der Waals surface area contributed by atoms with Crippen molar-refractivity contribution in [2.75, 3.05) is 5.32 Å². The molecule has 0 bridgehead atoms. The monoisotopic (exact) mass is 340 g/mol. The Labute approximate surface area is 147 Å². The molecule has 132 valence electrons. The van der Waals surface area contributed by atoms with Gasteiger partial charge in [-0.3, -0.25) is 14.3 Å². The number of carbonyl (C=O) groups excluding carboxylic acids is 2. The number of nitrogens with zero attached hydrogens (tertiary/aromatic N) is 2. The first kappa shape index (κ1) is 18.4. The van der Waals surface area contributed by atoms with Crippen LogP contribution in [0.3, 0.4) is 0 Å². The van der Waals surface area contributed by atoms with Crippen molar-refractivity contribution in [3.63, 3.8) is 0 Å². The number of carbonyl (C=O) groups is 2. The Hall–Kier alpha value is -2.89. The van der Waals surface area contributed by atoms with Gasteiger partial charge in [0, 0.05) is 30.9 Å². The Morgan fingerprint density at radius 3 is 2.56 bits per heavy atom. The summed E-state index contributed by atoms with van der Waals surface area (Å²) in [5.74, 6) is -0.244. The van der Waals surface area contributed by atoms with Crippen LogP contribution in [0, 0.1) is 6.92 Å². The molecule has 6 heteroatoms. The number of nitrogens with one attached hydrogen (secondary N) is 2. The van der Waals surface area contributed by atoms with Gasteiger partial charge in [-0.15, -0.1) is 0 Å². The van der Waals surface area contributed by atoms with Crippen molar-refractivity contribution in [1.82, 2.24) is 15.1 Å². The van der Waals surface area contributed by atoms with E-state index >= 15 is 0 Å². The molecular weight excluding hydrogens is 316 g/mol. The SMILES string of the molecule is C=CC(=O)Nc1ccc(CCC(=O)NC(C)c2cn(C)nc2C)cc1. The quantitative estimate of drug-likeness (QED) is 0.761. The topological polar surface area (TPSA) is 76.0 Å². The van der Waals surface area contributed by atoms with Gasteiger partial charge in [0.2, 0.25) is 11.8 Å². The number of rotatable bonds is 7. The fraction of sp³-hybridized carbons (Fsp3) is 0.316. The van der Waals surface area contributed by atoms with Crippen LogP contribution in [0.1, 0.15) is 36.2 Å². The number of anilines is 1. The number of aryl methyl sites for hydroxylation is 3. The van der Waals surface area contributed by atoms with E-state index < -0.39 is 0 Å². The zero-order valence-electron chi connectivity index (χ0n) is 14.9. The van der Waals surface area contributed by atoms with E-state index in [-0.39, 0.29) is 17.9 Å². The van der Waals surface area contributed by atoms with Crippen LogP contribution in [0.25, 0.3) is 0 Å². The lowest BCUT2D eigenvalue weighted by Crippen LogP contribution is -2.27. The third-order valence-corrected chi connectivity index (χ3v) is 3.94. The average Bonchev–Trinajstić information content (AvgIpc) is 2.92. The van der Waals surface area contributed by atoms with E-state index in [1.807, 2.05) is 51.4 Å². The lowest BCUT2D eigenvalue weighted by atomic mass is 10.1. The number of aromatic nitrogens is 2. The lowest BCUT2D eigenvalue weighted by molar-refractivity contribution is -0.121. The highest BCUT2D eigenvalue weighted by Gasteiger charge is 2.14. The summed E-state index contributed by atoms with van der Waals surface area (Å²) in [4.78, 5) is 23.4. The Bertz CT molecular complexity index is 762. The average molecular weight is 340 g/mol. The molecule has 2 amide bonds. The Morgan fingerprint density at radius 1 is 1.32 bits per heavy atom. The van der Waals surface area contributed by atoms with E-state index in [0.29, 0.717) is 18.5 Å². The molecule has 0 spiro atoms. The highest BCUT2D eigenvalue weighted by atomic mass is 16.2. The van der Waals surface area contributed by atoms with Crippen LogP contribution in [0.5, 0.6) is 0 Å². The fourth-order valence-electron chi connectivity index (χ4n) is 2.64. The van der Waals surface area contributed by atoms with E-state index in [0.717, 1.165) is 16.8 Å². The van der Waals surface area contributed by atoms with Gasteiger partial charge in [0.05, 0.1) is 11.7 Å². The summed E-state index contributed by atoms with van der Waals surface area (Å²) in [5.41, 5.74) is 3.70. The number of hydrogen-bond donors (Lipinski definition) is 2. The zero-order chi connectivity index (χ0) is 18.4. The van der Waals surface area contributed by atoms with Crippen molar-refractivity contribution < 1.29 is 9.59 Å². The standard InChI is InChI=1S/C19H24N4O2/c1-5-18(24)21-16-9-6-15(7-10-16)8-11-19(25)20-13(2)17-12-23(4)22-14(17)3/h5-7,9-10,12-13H,1,8,11H2,2-4H3,(H,20,25)(H,21,24). The van der Waals surface area contributed by atoms with Gasteiger partial charge in [0.15, 0.2) is 0 Å². The summed E-state index contributed by atoms with van der Waals surface area (Å²) >= 11 is 0. The van der Waals surface area contributed by atoms with Gasteiger partial charge in [-0.2, -0.15) is 5.10 Å². The van der Waals surface area contributed by atoms with Gasteiger partial charge >= 0.3 is 0 Å². The maximum absolute atomic E-state index is 12.2. The van der Waals surface area contributed by atoms with E-state index in [9.17, 15) is 9.59 Å². The van der Waals surface area contributed by atoms with Crippen molar-refractivity contribution in [2.45, 2.75) is 32.7 Å². The molecule has 1 heterocycles. The molecule has 0 aliphatic heterocycles. The van der Waals surface area contributed by atoms with Gasteiger partial charge in [-0.1, -0.05) is 18.7 Å². The first-order valence-corrected chi connectivity index (χ1v) is 8.21. The molecule has 1 aromatic heterocycles. The van der Waals surface area contributed by atoms with E-state index in [4.69, 9.17) is 0 Å². The third kappa shape index (κ3) is 5.31. The molecule has 2 aromatic rings. The molecule has 1 aromatic carbocycles. The Kier molecular flexibility index (Phi) is 6.11. The molecule has 0 saturated heterocycles. The molecule has 0 aliphatic rings. The number of hydrogen-bond acceptors (Lipinski definition) is 3. The highest BCUT2D eigenvalue weighted by Crippen LogP contribution is 2.16. The van der Waals surface area contributed by atoms with Crippen molar-refractivity contribution >= 4 is 17.5 Å². The second-order valence-corrected chi connectivity index (χ2v) is 6.02. The predicted octanol–water partition coefficient (Wildman–Crippen LogP) is 2.66. The second-order valence-electron chi connectivity index (χ2n) is 6.02. The normalized spacial score (nSPS) is 11.6. The van der Waals surface area contributed by atoms with Crippen molar-refractivity contribution in [3.8, 4) is 0 Å². The molecule has 0 fully saturated rings. The van der Waals surface area contributed by atoms with E-state index in [1.165, 1.54) is 6.08 Å². The lowest BCUT2D eigenvalue weighted by Gasteiger charge is -2.13. The summed E-state index contributed by atoms with van der Waals surface area (Å²) in [6.45, 7) is 7.31. The summed E-state index contributed by atoms with van der Waals surface area (Å²) in [6, 6.07) is 7.37. The first-order valence-electron chi connectivity index (χ1n) is 8.21. The molecular formula is C19H24N4O2. The van der Waals surface area contributed by atoms with Gasteiger partial charge in [0.1, 0.15) is 0 Å². The Morgan fingerprint density at radius 2 is 2.00 bits per heavy atom. The van der Waals surface area contributed by atoms with Crippen LogP contribution < -0.4 is 10.6 Å². The van der Waals surface area contributed by atoms with Crippen LogP contribution in [-0.2, 0) is 23.1 Å². The summed E-state index contributed by atoms with van der Waals surface area (Å²) < 4.78 is 1.75. The minimum Gasteiger partial charge on any atom is -0.349 e.